The predicted octanol–water partition coefficient (Wildman–Crippen LogP) is 3.71. The molecule has 0 fully saturated rings. The van der Waals surface area contributed by atoms with Crippen molar-refractivity contribution in [2.45, 2.75) is 19.3 Å². The van der Waals surface area contributed by atoms with E-state index in [2.05, 4.69) is 22.5 Å². The molecule has 128 valence electrons. The molecule has 0 spiro atoms. The van der Waals surface area contributed by atoms with E-state index in [0.717, 1.165) is 5.56 Å². The molecule has 0 saturated heterocycles. The van der Waals surface area contributed by atoms with Gasteiger partial charge in [0.05, 0.1) is 18.7 Å². The first-order chi connectivity index (χ1) is 12.2. The number of carbonyl (C=O) groups is 2. The number of benzene rings is 1. The number of aromatic nitrogens is 1. The van der Waals surface area contributed by atoms with Crippen molar-refractivity contribution in [3.63, 3.8) is 0 Å². The van der Waals surface area contributed by atoms with Gasteiger partial charge in [-0.3, -0.25) is 14.9 Å². The molecule has 1 N–H and O–H groups in total. The van der Waals surface area contributed by atoms with Crippen molar-refractivity contribution in [3.05, 3.63) is 70.8 Å². The van der Waals surface area contributed by atoms with Gasteiger partial charge in [0.1, 0.15) is 0 Å². The molecule has 2 aromatic rings. The lowest BCUT2D eigenvalue weighted by Gasteiger charge is -2.07. The normalized spacial score (nSPS) is 13.2. The Balaban J connectivity index is 1.60. The Morgan fingerprint density at radius 1 is 1.20 bits per heavy atom. The van der Waals surface area contributed by atoms with Crippen LogP contribution in [0.2, 0.25) is 0 Å². The van der Waals surface area contributed by atoms with Crippen LogP contribution in [-0.2, 0) is 16.0 Å². The number of allylic oxidation sites excluding steroid dienone is 4. The highest BCUT2D eigenvalue weighted by Gasteiger charge is 2.13. The van der Waals surface area contributed by atoms with Crippen LogP contribution in [0, 0.1) is 0 Å². The van der Waals surface area contributed by atoms with E-state index < -0.39 is 0 Å². The third-order valence-electron chi connectivity index (χ3n) is 3.71. The maximum absolute atomic E-state index is 12.3. The molecule has 25 heavy (non-hydrogen) atoms. The van der Waals surface area contributed by atoms with Crippen LogP contribution < -0.4 is 5.32 Å². The largest absolute Gasteiger partial charge is 0.466 e. The Kier molecular flexibility index (Phi) is 5.40. The quantitative estimate of drug-likeness (QED) is 0.803. The van der Waals surface area contributed by atoms with Crippen LogP contribution in [0.5, 0.6) is 0 Å². The zero-order valence-corrected chi connectivity index (χ0v) is 14.6. The second-order valence-corrected chi connectivity index (χ2v) is 6.36. The smallest absolute Gasteiger partial charge is 0.311 e. The summed E-state index contributed by atoms with van der Waals surface area (Å²) in [5.74, 6) is -0.265. The van der Waals surface area contributed by atoms with Gasteiger partial charge in [-0.2, -0.15) is 0 Å². The molecule has 1 aromatic carbocycles. The highest BCUT2D eigenvalue weighted by Crippen LogP contribution is 2.23. The van der Waals surface area contributed by atoms with Crippen LogP contribution in [0.1, 0.15) is 34.5 Å². The van der Waals surface area contributed by atoms with E-state index in [9.17, 15) is 9.59 Å². The maximum atomic E-state index is 12.3. The van der Waals surface area contributed by atoms with E-state index in [0.29, 0.717) is 23.0 Å². The van der Waals surface area contributed by atoms with Gasteiger partial charge in [0.25, 0.3) is 5.91 Å². The van der Waals surface area contributed by atoms with Crippen LogP contribution in [0.25, 0.3) is 0 Å². The van der Waals surface area contributed by atoms with Gasteiger partial charge in [0.15, 0.2) is 5.13 Å². The number of hydrogen-bond acceptors (Lipinski definition) is 5. The topological polar surface area (TPSA) is 68.3 Å². The molecule has 1 aliphatic carbocycles. The molecule has 1 aromatic heterocycles. The van der Waals surface area contributed by atoms with Crippen molar-refractivity contribution in [2.24, 2.45) is 0 Å². The SMILES string of the molecule is CCOC(=O)Cc1csc(NC(=O)c2ccc(C3C=CC=C3)cc2)n1. The molecule has 0 unspecified atom stereocenters. The number of nitrogens with one attached hydrogen (secondary N) is 1. The third-order valence-corrected chi connectivity index (χ3v) is 4.52. The summed E-state index contributed by atoms with van der Waals surface area (Å²) in [4.78, 5) is 28.0. The number of carbonyl (C=O) groups excluding carboxylic acids is 2. The summed E-state index contributed by atoms with van der Waals surface area (Å²) in [5.41, 5.74) is 2.30. The Labute approximate surface area is 150 Å². The van der Waals surface area contributed by atoms with Crippen molar-refractivity contribution in [1.29, 1.82) is 0 Å². The van der Waals surface area contributed by atoms with Crippen molar-refractivity contribution in [1.82, 2.24) is 4.98 Å². The number of nitrogens with zero attached hydrogens (tertiary/aromatic N) is 1. The fraction of sp³-hybridized carbons (Fsp3) is 0.211. The summed E-state index contributed by atoms with van der Waals surface area (Å²) < 4.78 is 4.89. The molecule has 0 aliphatic heterocycles. The number of hydrogen-bond donors (Lipinski definition) is 1. The van der Waals surface area contributed by atoms with Crippen molar-refractivity contribution < 1.29 is 14.3 Å². The third kappa shape index (κ3) is 4.42. The summed E-state index contributed by atoms with van der Waals surface area (Å²) in [6, 6.07) is 7.51. The van der Waals surface area contributed by atoms with Gasteiger partial charge >= 0.3 is 5.97 Å². The number of thiazole rings is 1. The fourth-order valence-corrected chi connectivity index (χ4v) is 3.19. The lowest BCUT2D eigenvalue weighted by Crippen LogP contribution is -2.12. The van der Waals surface area contributed by atoms with Gasteiger partial charge < -0.3 is 4.74 Å². The van der Waals surface area contributed by atoms with Gasteiger partial charge in [-0.1, -0.05) is 36.4 Å². The van der Waals surface area contributed by atoms with Crippen molar-refractivity contribution in [2.75, 3.05) is 11.9 Å². The van der Waals surface area contributed by atoms with Crippen LogP contribution >= 0.6 is 11.3 Å². The summed E-state index contributed by atoms with van der Waals surface area (Å²) in [5, 5.41) is 4.97. The van der Waals surface area contributed by atoms with E-state index in [1.165, 1.54) is 11.3 Å². The second-order valence-electron chi connectivity index (χ2n) is 5.50. The minimum atomic E-state index is -0.323. The summed E-state index contributed by atoms with van der Waals surface area (Å²) in [7, 11) is 0. The van der Waals surface area contributed by atoms with Crippen LogP contribution in [0.3, 0.4) is 0 Å². The molecule has 0 atom stereocenters. The molecule has 1 amide bonds. The minimum absolute atomic E-state index is 0.108. The first-order valence-electron chi connectivity index (χ1n) is 8.02. The van der Waals surface area contributed by atoms with Crippen molar-refractivity contribution in [3.8, 4) is 0 Å². The van der Waals surface area contributed by atoms with Crippen molar-refractivity contribution >= 4 is 28.3 Å². The average Bonchev–Trinajstić information content (AvgIpc) is 3.27. The molecule has 0 bridgehead atoms. The standard InChI is InChI=1S/C19H18N2O3S/c1-2-24-17(22)11-16-12-25-19(20-16)21-18(23)15-9-7-14(8-10-15)13-5-3-4-6-13/h3-10,12-13H,2,11H2,1H3,(H,20,21,23). The first kappa shape index (κ1) is 17.1. The monoisotopic (exact) mass is 354 g/mol. The number of anilines is 1. The molecule has 5 nitrogen and oxygen atoms in total. The fourth-order valence-electron chi connectivity index (χ4n) is 2.49. The molecule has 1 heterocycles. The molecule has 3 rings (SSSR count). The van der Waals surface area contributed by atoms with Gasteiger partial charge in [0, 0.05) is 16.9 Å². The number of esters is 1. The number of rotatable bonds is 6. The van der Waals surface area contributed by atoms with E-state index in [1.54, 1.807) is 24.4 Å². The van der Waals surface area contributed by atoms with Crippen LogP contribution in [-0.4, -0.2) is 23.5 Å². The van der Waals surface area contributed by atoms with E-state index >= 15 is 0 Å². The Morgan fingerprint density at radius 2 is 1.92 bits per heavy atom. The minimum Gasteiger partial charge on any atom is -0.466 e. The van der Waals surface area contributed by atoms with E-state index in [1.807, 2.05) is 24.3 Å². The zero-order chi connectivity index (χ0) is 17.6. The first-order valence-corrected chi connectivity index (χ1v) is 8.90. The number of amides is 1. The van der Waals surface area contributed by atoms with Crippen LogP contribution in [0.4, 0.5) is 5.13 Å². The highest BCUT2D eigenvalue weighted by molar-refractivity contribution is 7.14. The molecular formula is C19H18N2O3S. The van der Waals surface area contributed by atoms with E-state index in [-0.39, 0.29) is 24.2 Å². The lowest BCUT2D eigenvalue weighted by atomic mass is 9.99. The molecule has 1 aliphatic rings. The van der Waals surface area contributed by atoms with E-state index in [4.69, 9.17) is 4.74 Å². The summed E-state index contributed by atoms with van der Waals surface area (Å²) >= 11 is 1.29. The molecule has 6 heteroatoms. The van der Waals surface area contributed by atoms with Gasteiger partial charge in [-0.05, 0) is 24.6 Å². The molecular weight excluding hydrogens is 336 g/mol. The highest BCUT2D eigenvalue weighted by atomic mass is 32.1. The Bertz CT molecular complexity index is 809. The lowest BCUT2D eigenvalue weighted by molar-refractivity contribution is -0.142. The summed E-state index contributed by atoms with van der Waals surface area (Å²) in [6.45, 7) is 2.10. The second kappa shape index (κ2) is 7.90. The maximum Gasteiger partial charge on any atom is 0.311 e. The van der Waals surface area contributed by atoms with Gasteiger partial charge in [-0.15, -0.1) is 11.3 Å². The predicted molar refractivity (Wildman–Crippen MR) is 97.9 cm³/mol. The zero-order valence-electron chi connectivity index (χ0n) is 13.8. The van der Waals surface area contributed by atoms with Gasteiger partial charge in [-0.25, -0.2) is 4.98 Å². The molecule has 0 saturated carbocycles. The average molecular weight is 354 g/mol. The summed E-state index contributed by atoms with van der Waals surface area (Å²) in [6.07, 6.45) is 8.35. The number of ether oxygens (including phenoxy) is 1. The van der Waals surface area contributed by atoms with Crippen LogP contribution in [0.15, 0.2) is 53.9 Å². The van der Waals surface area contributed by atoms with Gasteiger partial charge in [0.2, 0.25) is 0 Å². The molecule has 0 radical (unpaired) electrons. The Hall–Kier alpha value is -2.73. The Morgan fingerprint density at radius 3 is 2.60 bits per heavy atom.